The minimum atomic E-state index is 0.00140. The van der Waals surface area contributed by atoms with Gasteiger partial charge in [0, 0.05) is 5.69 Å². The number of rotatable bonds is 3. The molecule has 0 aliphatic carbocycles. The van der Waals surface area contributed by atoms with Crippen LogP contribution < -0.4 is 10.1 Å². The number of hydrogen-bond acceptors (Lipinski definition) is 5. The summed E-state index contributed by atoms with van der Waals surface area (Å²) in [6.07, 6.45) is 0. The van der Waals surface area contributed by atoms with Crippen LogP contribution in [0.15, 0.2) is 18.2 Å². The Hall–Kier alpha value is -1.30. The zero-order chi connectivity index (χ0) is 13.1. The first kappa shape index (κ1) is 13.1. The highest BCUT2D eigenvalue weighted by Gasteiger charge is 2.08. The molecular formula is C10H7Cl3N4O. The lowest BCUT2D eigenvalue weighted by Crippen LogP contribution is -1.99. The summed E-state index contributed by atoms with van der Waals surface area (Å²) < 4.78 is 5.05. The predicted octanol–water partition coefficient (Wildman–Crippen LogP) is 3.58. The maximum atomic E-state index is 5.99. The maximum absolute atomic E-state index is 5.99. The van der Waals surface area contributed by atoms with Gasteiger partial charge in [0.2, 0.25) is 5.28 Å². The summed E-state index contributed by atoms with van der Waals surface area (Å²) in [6.45, 7) is 0. The van der Waals surface area contributed by atoms with Crippen LogP contribution in [0.4, 0.5) is 11.5 Å². The van der Waals surface area contributed by atoms with Crippen LogP contribution in [-0.2, 0) is 0 Å². The molecular weight excluding hydrogens is 298 g/mol. The fourth-order valence-electron chi connectivity index (χ4n) is 1.25. The largest absolute Gasteiger partial charge is 0.495 e. The van der Waals surface area contributed by atoms with Crippen LogP contribution in [0, 0.1) is 0 Å². The van der Waals surface area contributed by atoms with Crippen molar-refractivity contribution in [2.24, 2.45) is 0 Å². The third kappa shape index (κ3) is 2.93. The van der Waals surface area contributed by atoms with Crippen LogP contribution >= 0.6 is 34.8 Å². The summed E-state index contributed by atoms with van der Waals surface area (Å²) in [5.74, 6) is 0.880. The third-order valence-electron chi connectivity index (χ3n) is 2.03. The van der Waals surface area contributed by atoms with Gasteiger partial charge in [0.1, 0.15) is 5.75 Å². The minimum Gasteiger partial charge on any atom is -0.495 e. The fourth-order valence-corrected chi connectivity index (χ4v) is 1.76. The van der Waals surface area contributed by atoms with Crippen molar-refractivity contribution in [2.75, 3.05) is 12.4 Å². The highest BCUT2D eigenvalue weighted by Crippen LogP contribution is 2.29. The Morgan fingerprint density at radius 1 is 1.17 bits per heavy atom. The van der Waals surface area contributed by atoms with Crippen molar-refractivity contribution in [3.63, 3.8) is 0 Å². The first-order valence-corrected chi connectivity index (χ1v) is 5.90. The number of hydrogen-bond donors (Lipinski definition) is 1. The summed E-state index contributed by atoms with van der Waals surface area (Å²) in [6, 6.07) is 5.15. The summed E-state index contributed by atoms with van der Waals surface area (Å²) in [7, 11) is 1.54. The van der Waals surface area contributed by atoms with Crippen molar-refractivity contribution in [1.29, 1.82) is 0 Å². The van der Waals surface area contributed by atoms with Gasteiger partial charge in [-0.1, -0.05) is 23.2 Å². The molecule has 8 heteroatoms. The van der Waals surface area contributed by atoms with Gasteiger partial charge in [-0.3, -0.25) is 0 Å². The van der Waals surface area contributed by atoms with E-state index in [1.165, 1.54) is 0 Å². The Bertz CT molecular complexity index is 579. The molecule has 1 aromatic heterocycles. The Labute approximate surface area is 118 Å². The van der Waals surface area contributed by atoms with E-state index >= 15 is 0 Å². The van der Waals surface area contributed by atoms with Crippen molar-refractivity contribution in [3.8, 4) is 5.75 Å². The average Bonchev–Trinajstić information content (AvgIpc) is 2.34. The first-order valence-electron chi connectivity index (χ1n) is 4.76. The standard InChI is InChI=1S/C10H7Cl3N4O/c1-18-7-3-2-5(4-6(7)11)14-9-8(12)16-17-10(13)15-9/h2-4H,1H3,(H,14,15,17). The third-order valence-corrected chi connectivity index (χ3v) is 2.74. The molecule has 1 aromatic carbocycles. The van der Waals surface area contributed by atoms with Crippen LogP contribution in [0.3, 0.4) is 0 Å². The molecule has 0 radical (unpaired) electrons. The zero-order valence-corrected chi connectivity index (χ0v) is 11.4. The second-order valence-electron chi connectivity index (χ2n) is 3.19. The van der Waals surface area contributed by atoms with Gasteiger partial charge < -0.3 is 10.1 Å². The molecule has 5 nitrogen and oxygen atoms in total. The van der Waals surface area contributed by atoms with E-state index in [2.05, 4.69) is 20.5 Å². The summed E-state index contributed by atoms with van der Waals surface area (Å²) in [4.78, 5) is 3.91. The Morgan fingerprint density at radius 3 is 2.61 bits per heavy atom. The molecule has 0 saturated carbocycles. The zero-order valence-electron chi connectivity index (χ0n) is 9.12. The summed E-state index contributed by atoms with van der Waals surface area (Å²) in [5.41, 5.74) is 0.680. The van der Waals surface area contributed by atoms with Crippen molar-refractivity contribution in [2.45, 2.75) is 0 Å². The Balaban J connectivity index is 2.28. The molecule has 0 unspecified atom stereocenters. The Morgan fingerprint density at radius 2 is 1.94 bits per heavy atom. The van der Waals surface area contributed by atoms with E-state index < -0.39 is 0 Å². The van der Waals surface area contributed by atoms with Crippen LogP contribution in [-0.4, -0.2) is 22.3 Å². The van der Waals surface area contributed by atoms with Gasteiger partial charge in [0.05, 0.1) is 12.1 Å². The fraction of sp³-hybridized carbons (Fsp3) is 0.100. The van der Waals surface area contributed by atoms with Crippen molar-refractivity contribution in [1.82, 2.24) is 15.2 Å². The predicted molar refractivity (Wildman–Crippen MR) is 71.1 cm³/mol. The van der Waals surface area contributed by atoms with Crippen LogP contribution in [0.25, 0.3) is 0 Å². The molecule has 0 spiro atoms. The number of nitrogens with zero attached hydrogens (tertiary/aromatic N) is 3. The molecule has 0 amide bonds. The molecule has 1 heterocycles. The lowest BCUT2D eigenvalue weighted by Gasteiger charge is -2.08. The topological polar surface area (TPSA) is 59.9 Å². The molecule has 0 aliphatic heterocycles. The van der Waals surface area contributed by atoms with E-state index in [4.69, 9.17) is 39.5 Å². The van der Waals surface area contributed by atoms with Crippen molar-refractivity contribution in [3.05, 3.63) is 33.7 Å². The number of nitrogens with one attached hydrogen (secondary N) is 1. The van der Waals surface area contributed by atoms with Gasteiger partial charge in [0.15, 0.2) is 11.0 Å². The van der Waals surface area contributed by atoms with Gasteiger partial charge in [-0.05, 0) is 29.8 Å². The van der Waals surface area contributed by atoms with Crippen molar-refractivity contribution >= 4 is 46.3 Å². The molecule has 94 valence electrons. The molecule has 0 fully saturated rings. The van der Waals surface area contributed by atoms with Crippen LogP contribution in [0.1, 0.15) is 0 Å². The van der Waals surface area contributed by atoms with E-state index in [9.17, 15) is 0 Å². The lowest BCUT2D eigenvalue weighted by atomic mass is 10.3. The molecule has 18 heavy (non-hydrogen) atoms. The number of ether oxygens (including phenoxy) is 1. The SMILES string of the molecule is COc1ccc(Nc2nc(Cl)nnc2Cl)cc1Cl. The number of anilines is 2. The van der Waals surface area contributed by atoms with Crippen LogP contribution in [0.2, 0.25) is 15.5 Å². The van der Waals surface area contributed by atoms with Crippen molar-refractivity contribution < 1.29 is 4.74 Å². The molecule has 1 N–H and O–H groups in total. The van der Waals surface area contributed by atoms with Crippen LogP contribution in [0.5, 0.6) is 5.75 Å². The summed E-state index contributed by atoms with van der Waals surface area (Å²) >= 11 is 17.5. The van der Waals surface area contributed by atoms with Gasteiger partial charge in [-0.2, -0.15) is 4.98 Å². The monoisotopic (exact) mass is 304 g/mol. The van der Waals surface area contributed by atoms with Gasteiger partial charge >= 0.3 is 0 Å². The van der Waals surface area contributed by atoms with E-state index in [1.807, 2.05) is 0 Å². The molecule has 0 aliphatic rings. The van der Waals surface area contributed by atoms with E-state index in [0.717, 1.165) is 0 Å². The number of benzene rings is 1. The van der Waals surface area contributed by atoms with Gasteiger partial charge in [-0.25, -0.2) is 0 Å². The molecule has 0 bridgehead atoms. The maximum Gasteiger partial charge on any atom is 0.245 e. The quantitative estimate of drug-likeness (QED) is 0.939. The van der Waals surface area contributed by atoms with Gasteiger partial charge in [-0.15, -0.1) is 10.2 Å². The lowest BCUT2D eigenvalue weighted by molar-refractivity contribution is 0.415. The molecule has 2 aromatic rings. The minimum absolute atomic E-state index is 0.00140. The number of halogens is 3. The van der Waals surface area contributed by atoms with Gasteiger partial charge in [0.25, 0.3) is 0 Å². The number of methoxy groups -OCH3 is 1. The first-order chi connectivity index (χ1) is 8.60. The highest BCUT2D eigenvalue weighted by atomic mass is 35.5. The molecule has 2 rings (SSSR count). The molecule has 0 atom stereocenters. The number of aromatic nitrogens is 3. The van der Waals surface area contributed by atoms with E-state index in [-0.39, 0.29) is 10.4 Å². The molecule has 0 saturated heterocycles. The average molecular weight is 306 g/mol. The summed E-state index contributed by atoms with van der Waals surface area (Å²) in [5, 5.41) is 10.7. The normalized spacial score (nSPS) is 10.2. The van der Waals surface area contributed by atoms with E-state index in [0.29, 0.717) is 22.3 Å². The second kappa shape index (κ2) is 5.56. The smallest absolute Gasteiger partial charge is 0.245 e. The second-order valence-corrected chi connectivity index (χ2v) is 4.30. The van der Waals surface area contributed by atoms with E-state index in [1.54, 1.807) is 25.3 Å². The highest BCUT2D eigenvalue weighted by molar-refractivity contribution is 6.33. The Kier molecular flexibility index (Phi) is 4.06.